The van der Waals surface area contributed by atoms with Gasteiger partial charge in [0.05, 0.1) is 23.6 Å². The lowest BCUT2D eigenvalue weighted by atomic mass is 10.0. The van der Waals surface area contributed by atoms with Gasteiger partial charge in [0.25, 0.3) is 5.91 Å². The van der Waals surface area contributed by atoms with Gasteiger partial charge in [-0.05, 0) is 31.4 Å². The Labute approximate surface area is 164 Å². The summed E-state index contributed by atoms with van der Waals surface area (Å²) < 4.78 is 6.08. The first-order valence-electron chi connectivity index (χ1n) is 9.46. The van der Waals surface area contributed by atoms with Gasteiger partial charge in [-0.1, -0.05) is 50.2 Å². The minimum atomic E-state index is -0.365. The Morgan fingerprint density at radius 2 is 1.82 bits per heavy atom. The van der Waals surface area contributed by atoms with Crippen LogP contribution >= 0.6 is 0 Å². The van der Waals surface area contributed by atoms with Crippen LogP contribution in [0, 0.1) is 12.8 Å². The highest BCUT2D eigenvalue weighted by atomic mass is 16.3. The van der Waals surface area contributed by atoms with Crippen LogP contribution in [-0.2, 0) is 0 Å². The molecule has 0 bridgehead atoms. The Kier molecular flexibility index (Phi) is 5.95. The summed E-state index contributed by atoms with van der Waals surface area (Å²) in [6.07, 6.45) is 0.658. The molecule has 0 spiro atoms. The van der Waals surface area contributed by atoms with Crippen molar-refractivity contribution in [3.05, 3.63) is 69.9 Å². The van der Waals surface area contributed by atoms with Gasteiger partial charge in [0.15, 0.2) is 11.0 Å². The molecule has 1 atom stereocenters. The Morgan fingerprint density at radius 3 is 2.46 bits per heavy atom. The zero-order valence-corrected chi connectivity index (χ0v) is 16.4. The summed E-state index contributed by atoms with van der Waals surface area (Å²) in [5, 5.41) is 12.8. The molecule has 2 aromatic carbocycles. The van der Waals surface area contributed by atoms with E-state index >= 15 is 0 Å². The van der Waals surface area contributed by atoms with Crippen molar-refractivity contribution in [3.63, 3.8) is 0 Å². The van der Waals surface area contributed by atoms with E-state index in [4.69, 9.17) is 4.42 Å². The highest BCUT2D eigenvalue weighted by molar-refractivity contribution is 6.05. The van der Waals surface area contributed by atoms with Crippen molar-refractivity contribution in [1.82, 2.24) is 5.32 Å². The zero-order valence-electron chi connectivity index (χ0n) is 16.4. The monoisotopic (exact) mass is 379 g/mol. The molecule has 0 radical (unpaired) electrons. The van der Waals surface area contributed by atoms with Crippen molar-refractivity contribution >= 4 is 16.9 Å². The second-order valence-electron chi connectivity index (χ2n) is 7.42. The lowest BCUT2D eigenvalue weighted by Gasteiger charge is -2.18. The molecule has 5 heteroatoms. The summed E-state index contributed by atoms with van der Waals surface area (Å²) in [5.74, 6) is 0.422. The second kappa shape index (κ2) is 8.40. The van der Waals surface area contributed by atoms with Gasteiger partial charge in [-0.2, -0.15) is 0 Å². The van der Waals surface area contributed by atoms with Crippen molar-refractivity contribution in [2.45, 2.75) is 33.2 Å². The first kappa shape index (κ1) is 19.8. The van der Waals surface area contributed by atoms with E-state index in [0.29, 0.717) is 29.0 Å². The smallest absolute Gasteiger partial charge is 0.255 e. The fourth-order valence-electron chi connectivity index (χ4n) is 3.36. The lowest BCUT2D eigenvalue weighted by molar-refractivity contribution is 0.0909. The van der Waals surface area contributed by atoms with Gasteiger partial charge in [-0.3, -0.25) is 9.59 Å². The Hall–Kier alpha value is -2.92. The second-order valence-corrected chi connectivity index (χ2v) is 7.42. The average Bonchev–Trinajstić information content (AvgIpc) is 2.69. The number of aliphatic hydroxyl groups excluding tert-OH is 1. The molecule has 0 fully saturated rings. The number of fused-ring (bicyclic) bond motifs is 1. The minimum absolute atomic E-state index is 0.146. The maximum absolute atomic E-state index is 12.9. The van der Waals surface area contributed by atoms with Crippen LogP contribution in [0.5, 0.6) is 0 Å². The molecule has 28 heavy (non-hydrogen) atoms. The Morgan fingerprint density at radius 1 is 1.11 bits per heavy atom. The SMILES string of the molecule is Cc1c(-c2ccccc2)oc2c(C(=O)NC(CO)CC(C)C)cccc2c1=O. The van der Waals surface area contributed by atoms with Crippen LogP contribution in [-0.4, -0.2) is 23.7 Å². The fraction of sp³-hybridized carbons (Fsp3) is 0.304. The molecule has 1 aromatic heterocycles. The fourth-order valence-corrected chi connectivity index (χ4v) is 3.36. The van der Waals surface area contributed by atoms with Crippen LogP contribution in [0.25, 0.3) is 22.3 Å². The van der Waals surface area contributed by atoms with Gasteiger partial charge in [-0.25, -0.2) is 0 Å². The molecule has 3 rings (SSSR count). The normalized spacial score (nSPS) is 12.3. The number of hydrogen-bond acceptors (Lipinski definition) is 4. The standard InChI is InChI=1S/C23H25NO4/c1-14(2)12-17(13-25)24-23(27)19-11-7-10-18-20(26)15(3)21(28-22(18)19)16-8-5-4-6-9-16/h4-11,14,17,25H,12-13H2,1-3H3,(H,24,27). The Bertz CT molecular complexity index is 1040. The summed E-state index contributed by atoms with van der Waals surface area (Å²) in [6.45, 7) is 5.64. The number of nitrogens with one attached hydrogen (secondary N) is 1. The molecule has 1 amide bonds. The van der Waals surface area contributed by atoms with Crippen LogP contribution < -0.4 is 10.7 Å². The molecule has 0 saturated carbocycles. The number of amides is 1. The summed E-state index contributed by atoms with van der Waals surface area (Å²) >= 11 is 0. The van der Waals surface area contributed by atoms with E-state index in [9.17, 15) is 14.7 Å². The van der Waals surface area contributed by atoms with Crippen LogP contribution in [0.1, 0.15) is 36.2 Å². The van der Waals surface area contributed by atoms with E-state index in [1.165, 1.54) is 0 Å². The van der Waals surface area contributed by atoms with E-state index < -0.39 is 0 Å². The molecule has 0 aliphatic heterocycles. The first-order valence-corrected chi connectivity index (χ1v) is 9.46. The number of carbonyl (C=O) groups excluding carboxylic acids is 1. The first-order chi connectivity index (χ1) is 13.4. The molecule has 3 aromatic rings. The van der Waals surface area contributed by atoms with Crippen LogP contribution in [0.15, 0.2) is 57.7 Å². The van der Waals surface area contributed by atoms with Crippen LogP contribution in [0.4, 0.5) is 0 Å². The summed E-state index contributed by atoms with van der Waals surface area (Å²) in [4.78, 5) is 25.8. The van der Waals surface area contributed by atoms with Crippen molar-refractivity contribution in [3.8, 4) is 11.3 Å². The third kappa shape index (κ3) is 3.99. The Balaban J connectivity index is 2.10. The highest BCUT2D eigenvalue weighted by Gasteiger charge is 2.20. The third-order valence-corrected chi connectivity index (χ3v) is 4.74. The summed E-state index contributed by atoms with van der Waals surface area (Å²) in [5.41, 5.74) is 1.67. The predicted molar refractivity (Wildman–Crippen MR) is 110 cm³/mol. The van der Waals surface area contributed by atoms with Crippen LogP contribution in [0.3, 0.4) is 0 Å². The van der Waals surface area contributed by atoms with Gasteiger partial charge < -0.3 is 14.8 Å². The number of hydrogen-bond donors (Lipinski definition) is 2. The van der Waals surface area contributed by atoms with E-state index in [2.05, 4.69) is 5.32 Å². The lowest BCUT2D eigenvalue weighted by Crippen LogP contribution is -2.38. The van der Waals surface area contributed by atoms with E-state index in [1.54, 1.807) is 25.1 Å². The van der Waals surface area contributed by atoms with Crippen molar-refractivity contribution in [2.75, 3.05) is 6.61 Å². The molecule has 0 aliphatic carbocycles. The van der Waals surface area contributed by atoms with Gasteiger partial charge in [0.1, 0.15) is 5.76 Å². The highest BCUT2D eigenvalue weighted by Crippen LogP contribution is 2.27. The molecule has 1 unspecified atom stereocenters. The average molecular weight is 379 g/mol. The quantitative estimate of drug-likeness (QED) is 0.681. The number of carbonyl (C=O) groups is 1. The zero-order chi connectivity index (χ0) is 20.3. The van der Waals surface area contributed by atoms with Crippen molar-refractivity contribution in [2.24, 2.45) is 5.92 Å². The molecular weight excluding hydrogens is 354 g/mol. The minimum Gasteiger partial charge on any atom is -0.455 e. The number of rotatable bonds is 6. The summed E-state index contributed by atoms with van der Waals surface area (Å²) in [6, 6.07) is 14.0. The number of benzene rings is 2. The van der Waals surface area contributed by atoms with Gasteiger partial charge in [-0.15, -0.1) is 0 Å². The van der Waals surface area contributed by atoms with Gasteiger partial charge in [0, 0.05) is 11.1 Å². The molecular formula is C23H25NO4. The van der Waals surface area contributed by atoms with E-state index in [1.807, 2.05) is 44.2 Å². The molecule has 1 heterocycles. The van der Waals surface area contributed by atoms with Gasteiger partial charge >= 0.3 is 0 Å². The maximum Gasteiger partial charge on any atom is 0.255 e. The van der Waals surface area contributed by atoms with Crippen molar-refractivity contribution < 1.29 is 14.3 Å². The third-order valence-electron chi connectivity index (χ3n) is 4.74. The van der Waals surface area contributed by atoms with Crippen LogP contribution in [0.2, 0.25) is 0 Å². The summed E-state index contributed by atoms with van der Waals surface area (Å²) in [7, 11) is 0. The van der Waals surface area contributed by atoms with Crippen molar-refractivity contribution in [1.29, 1.82) is 0 Å². The van der Waals surface area contributed by atoms with E-state index in [0.717, 1.165) is 5.56 Å². The number of para-hydroxylation sites is 1. The van der Waals surface area contributed by atoms with E-state index in [-0.39, 0.29) is 35.1 Å². The molecule has 2 N–H and O–H groups in total. The number of aliphatic hydroxyl groups is 1. The predicted octanol–water partition coefficient (Wildman–Crippen LogP) is 3.91. The molecule has 0 aliphatic rings. The molecule has 5 nitrogen and oxygen atoms in total. The topological polar surface area (TPSA) is 79.5 Å². The molecule has 146 valence electrons. The largest absolute Gasteiger partial charge is 0.455 e. The van der Waals surface area contributed by atoms with Gasteiger partial charge in [0.2, 0.25) is 0 Å². The molecule has 0 saturated heterocycles. The maximum atomic E-state index is 12.9.